The fourth-order valence-corrected chi connectivity index (χ4v) is 1.70. The minimum absolute atomic E-state index is 0.278. The number of hydrogen-bond acceptors (Lipinski definition) is 8. The van der Waals surface area contributed by atoms with Crippen LogP contribution in [0.4, 0.5) is 5.82 Å². The number of hydrogen-bond donors (Lipinski definition) is 2. The summed E-state index contributed by atoms with van der Waals surface area (Å²) in [6, 6.07) is 3.32. The summed E-state index contributed by atoms with van der Waals surface area (Å²) in [4.78, 5) is 8.06. The van der Waals surface area contributed by atoms with Crippen LogP contribution in [-0.4, -0.2) is 31.3 Å². The second-order valence-corrected chi connectivity index (χ2v) is 3.85. The number of methoxy groups -OCH3 is 3. The third kappa shape index (κ3) is 3.23. The lowest BCUT2D eigenvalue weighted by atomic mass is 10.2. The standard InChI is InChI=1S/C13H16N4O4/c1-18-9-4-8(5-10(19-2)13(9)20-3)21-12-7-15-6-11(16-12)17-14/h4-7H,14H2,1-3H3,(H,16,17). The van der Waals surface area contributed by atoms with Gasteiger partial charge in [0.15, 0.2) is 17.3 Å². The molecule has 8 heteroatoms. The average Bonchev–Trinajstić information content (AvgIpc) is 2.53. The average molecular weight is 292 g/mol. The van der Waals surface area contributed by atoms with Gasteiger partial charge < -0.3 is 24.4 Å². The van der Waals surface area contributed by atoms with Gasteiger partial charge in [0.25, 0.3) is 0 Å². The highest BCUT2D eigenvalue weighted by Gasteiger charge is 2.14. The molecule has 0 radical (unpaired) electrons. The predicted octanol–water partition coefficient (Wildman–Crippen LogP) is 1.58. The summed E-state index contributed by atoms with van der Waals surface area (Å²) in [6.07, 6.45) is 2.94. The van der Waals surface area contributed by atoms with E-state index in [1.807, 2.05) is 0 Å². The SMILES string of the molecule is COc1cc(Oc2cncc(NN)n2)cc(OC)c1OC. The lowest BCUT2D eigenvalue weighted by molar-refractivity contribution is 0.320. The zero-order valence-electron chi connectivity index (χ0n) is 11.9. The zero-order chi connectivity index (χ0) is 15.2. The van der Waals surface area contributed by atoms with E-state index in [1.54, 1.807) is 12.1 Å². The van der Waals surface area contributed by atoms with Gasteiger partial charge in [0.05, 0.1) is 33.7 Å². The fourth-order valence-electron chi connectivity index (χ4n) is 1.70. The summed E-state index contributed by atoms with van der Waals surface area (Å²) >= 11 is 0. The number of nitrogens with zero attached hydrogens (tertiary/aromatic N) is 2. The first-order valence-electron chi connectivity index (χ1n) is 5.98. The summed E-state index contributed by atoms with van der Waals surface area (Å²) in [7, 11) is 4.59. The molecule has 0 fully saturated rings. The van der Waals surface area contributed by atoms with Crippen molar-refractivity contribution < 1.29 is 18.9 Å². The molecule has 0 atom stereocenters. The molecule has 0 amide bonds. The molecular weight excluding hydrogens is 276 g/mol. The first-order valence-corrected chi connectivity index (χ1v) is 5.98. The van der Waals surface area contributed by atoms with Gasteiger partial charge in [-0.25, -0.2) is 5.84 Å². The van der Waals surface area contributed by atoms with Crippen molar-refractivity contribution in [3.05, 3.63) is 24.5 Å². The molecule has 1 heterocycles. The van der Waals surface area contributed by atoms with Gasteiger partial charge in [-0.1, -0.05) is 0 Å². The highest BCUT2D eigenvalue weighted by atomic mass is 16.5. The van der Waals surface area contributed by atoms with Crippen molar-refractivity contribution >= 4 is 5.82 Å². The van der Waals surface area contributed by atoms with Gasteiger partial charge in [0.1, 0.15) is 5.75 Å². The van der Waals surface area contributed by atoms with Crippen LogP contribution < -0.4 is 30.2 Å². The smallest absolute Gasteiger partial charge is 0.239 e. The Hall–Kier alpha value is -2.74. The van der Waals surface area contributed by atoms with Crippen LogP contribution in [0.15, 0.2) is 24.5 Å². The number of hydrazine groups is 1. The van der Waals surface area contributed by atoms with Crippen molar-refractivity contribution in [1.29, 1.82) is 0 Å². The number of rotatable bonds is 6. The Bertz CT molecular complexity index is 596. The van der Waals surface area contributed by atoms with Gasteiger partial charge >= 0.3 is 0 Å². The Balaban J connectivity index is 2.35. The molecule has 2 aromatic rings. The minimum Gasteiger partial charge on any atom is -0.493 e. The van der Waals surface area contributed by atoms with Crippen molar-refractivity contribution in [2.75, 3.05) is 26.8 Å². The molecule has 1 aromatic carbocycles. The van der Waals surface area contributed by atoms with E-state index in [4.69, 9.17) is 24.8 Å². The number of anilines is 1. The minimum atomic E-state index is 0.278. The topological polar surface area (TPSA) is 101 Å². The van der Waals surface area contributed by atoms with E-state index in [0.29, 0.717) is 28.8 Å². The van der Waals surface area contributed by atoms with Crippen molar-refractivity contribution in [2.24, 2.45) is 5.84 Å². The molecule has 21 heavy (non-hydrogen) atoms. The Morgan fingerprint density at radius 2 is 1.67 bits per heavy atom. The number of benzene rings is 1. The fraction of sp³-hybridized carbons (Fsp3) is 0.231. The number of nitrogen functional groups attached to an aromatic ring is 1. The lowest BCUT2D eigenvalue weighted by Gasteiger charge is -2.14. The van der Waals surface area contributed by atoms with Gasteiger partial charge in [0, 0.05) is 12.1 Å². The Kier molecular flexibility index (Phi) is 4.62. The summed E-state index contributed by atoms with van der Waals surface area (Å²) in [5.74, 6) is 7.85. The monoisotopic (exact) mass is 292 g/mol. The van der Waals surface area contributed by atoms with Gasteiger partial charge in [-0.15, -0.1) is 0 Å². The zero-order valence-corrected chi connectivity index (χ0v) is 11.9. The van der Waals surface area contributed by atoms with E-state index in [9.17, 15) is 0 Å². The van der Waals surface area contributed by atoms with Crippen LogP contribution in [-0.2, 0) is 0 Å². The third-order valence-corrected chi connectivity index (χ3v) is 2.62. The van der Waals surface area contributed by atoms with Crippen LogP contribution in [0.25, 0.3) is 0 Å². The van der Waals surface area contributed by atoms with E-state index in [-0.39, 0.29) is 5.88 Å². The molecule has 1 aromatic heterocycles. The van der Waals surface area contributed by atoms with Crippen LogP contribution in [0.2, 0.25) is 0 Å². The molecule has 0 bridgehead atoms. The molecule has 0 saturated carbocycles. The molecule has 0 aliphatic rings. The molecule has 112 valence electrons. The quantitative estimate of drug-likeness (QED) is 0.611. The summed E-state index contributed by atoms with van der Waals surface area (Å²) in [5, 5.41) is 0. The number of nitrogens with one attached hydrogen (secondary N) is 1. The predicted molar refractivity (Wildman–Crippen MR) is 76.0 cm³/mol. The Morgan fingerprint density at radius 1 is 1.00 bits per heavy atom. The molecular formula is C13H16N4O4. The maximum Gasteiger partial charge on any atom is 0.239 e. The summed E-state index contributed by atoms with van der Waals surface area (Å²) < 4.78 is 21.4. The van der Waals surface area contributed by atoms with Gasteiger partial charge in [-0.3, -0.25) is 4.98 Å². The van der Waals surface area contributed by atoms with E-state index >= 15 is 0 Å². The van der Waals surface area contributed by atoms with Crippen molar-refractivity contribution in [3.63, 3.8) is 0 Å². The first-order chi connectivity index (χ1) is 10.2. The molecule has 0 spiro atoms. The van der Waals surface area contributed by atoms with E-state index in [1.165, 1.54) is 33.7 Å². The number of aromatic nitrogens is 2. The van der Waals surface area contributed by atoms with Crippen molar-refractivity contribution in [2.45, 2.75) is 0 Å². The van der Waals surface area contributed by atoms with E-state index in [0.717, 1.165) is 0 Å². The highest BCUT2D eigenvalue weighted by molar-refractivity contribution is 5.56. The summed E-state index contributed by atoms with van der Waals surface area (Å²) in [5.41, 5.74) is 2.39. The van der Waals surface area contributed by atoms with Crippen molar-refractivity contribution in [1.82, 2.24) is 9.97 Å². The Labute approximate surface area is 121 Å². The van der Waals surface area contributed by atoms with Crippen molar-refractivity contribution in [3.8, 4) is 28.9 Å². The van der Waals surface area contributed by atoms with Crippen LogP contribution in [0, 0.1) is 0 Å². The van der Waals surface area contributed by atoms with E-state index in [2.05, 4.69) is 15.4 Å². The molecule has 0 saturated heterocycles. The van der Waals surface area contributed by atoms with Crippen LogP contribution in [0.5, 0.6) is 28.9 Å². The van der Waals surface area contributed by atoms with Gasteiger partial charge in [-0.2, -0.15) is 4.98 Å². The van der Waals surface area contributed by atoms with Crippen LogP contribution in [0.3, 0.4) is 0 Å². The second kappa shape index (κ2) is 6.62. The second-order valence-electron chi connectivity index (χ2n) is 3.85. The largest absolute Gasteiger partial charge is 0.493 e. The lowest BCUT2D eigenvalue weighted by Crippen LogP contribution is -2.09. The first kappa shape index (κ1) is 14.7. The normalized spacial score (nSPS) is 9.90. The molecule has 0 aliphatic heterocycles. The third-order valence-electron chi connectivity index (χ3n) is 2.62. The number of ether oxygens (including phenoxy) is 4. The Morgan fingerprint density at radius 3 is 2.19 bits per heavy atom. The van der Waals surface area contributed by atoms with Gasteiger partial charge in [-0.05, 0) is 0 Å². The maximum atomic E-state index is 5.62. The van der Waals surface area contributed by atoms with Gasteiger partial charge in [0.2, 0.25) is 11.6 Å². The molecule has 8 nitrogen and oxygen atoms in total. The molecule has 3 N–H and O–H groups in total. The van der Waals surface area contributed by atoms with Crippen LogP contribution >= 0.6 is 0 Å². The number of nitrogens with two attached hydrogens (primary N) is 1. The molecule has 0 unspecified atom stereocenters. The highest BCUT2D eigenvalue weighted by Crippen LogP contribution is 2.41. The van der Waals surface area contributed by atoms with E-state index < -0.39 is 0 Å². The molecule has 0 aliphatic carbocycles. The van der Waals surface area contributed by atoms with Crippen LogP contribution in [0.1, 0.15) is 0 Å². The molecule has 2 rings (SSSR count). The summed E-state index contributed by atoms with van der Waals surface area (Å²) in [6.45, 7) is 0. The maximum absolute atomic E-state index is 5.62.